The molecule has 1 aromatic carbocycles. The maximum absolute atomic E-state index is 6.30. The van der Waals surface area contributed by atoms with Gasteiger partial charge in [0, 0.05) is 32.4 Å². The van der Waals surface area contributed by atoms with Crippen molar-refractivity contribution in [3.63, 3.8) is 0 Å². The molecule has 32 heavy (non-hydrogen) atoms. The van der Waals surface area contributed by atoms with Crippen molar-refractivity contribution in [1.82, 2.24) is 15.0 Å². The van der Waals surface area contributed by atoms with Gasteiger partial charge in [0.05, 0.1) is 12.2 Å². The Morgan fingerprint density at radius 2 is 1.88 bits per heavy atom. The lowest BCUT2D eigenvalue weighted by atomic mass is 9.87. The Bertz CT molecular complexity index is 1050. The molecule has 3 heterocycles. The third-order valence-electron chi connectivity index (χ3n) is 6.70. The van der Waals surface area contributed by atoms with Gasteiger partial charge in [-0.25, -0.2) is 9.97 Å². The number of oxazole rings is 1. The molecule has 0 amide bonds. The smallest absolute Gasteiger partial charge is 0.226 e. The van der Waals surface area contributed by atoms with Crippen molar-refractivity contribution in [2.75, 3.05) is 25.1 Å². The summed E-state index contributed by atoms with van der Waals surface area (Å²) in [6.45, 7) is 6.44. The standard InChI is InChI=1S/C25H32N4O3/c1-16-3-6-20(7-4-16)28-25-26-14-21(19-5-8-23-22(13-19)27-17(2)32-23)24(29-25)31-15-18-9-11-30-12-10-18/h5,8,13-14,16,18,20H,3-4,6-7,9-12,15H2,1-2H3,(H,26,28,29)/t16-,20-. The van der Waals surface area contributed by atoms with E-state index in [1.165, 1.54) is 12.8 Å². The van der Waals surface area contributed by atoms with Gasteiger partial charge in [-0.15, -0.1) is 0 Å². The molecule has 3 aromatic rings. The predicted octanol–water partition coefficient (Wildman–Crippen LogP) is 5.39. The number of benzene rings is 1. The minimum absolute atomic E-state index is 0.426. The second kappa shape index (κ2) is 9.45. The van der Waals surface area contributed by atoms with Gasteiger partial charge < -0.3 is 19.2 Å². The van der Waals surface area contributed by atoms with Crippen LogP contribution >= 0.6 is 0 Å². The minimum Gasteiger partial charge on any atom is -0.477 e. The van der Waals surface area contributed by atoms with Gasteiger partial charge in [-0.2, -0.15) is 4.98 Å². The van der Waals surface area contributed by atoms with Crippen LogP contribution in [0.4, 0.5) is 5.95 Å². The molecule has 1 aliphatic carbocycles. The fourth-order valence-electron chi connectivity index (χ4n) is 4.65. The molecule has 0 unspecified atom stereocenters. The summed E-state index contributed by atoms with van der Waals surface area (Å²) in [6, 6.07) is 6.40. The van der Waals surface area contributed by atoms with Crippen LogP contribution in [0.15, 0.2) is 28.8 Å². The number of hydrogen-bond donors (Lipinski definition) is 1. The molecule has 5 rings (SSSR count). The molecule has 7 heteroatoms. The maximum Gasteiger partial charge on any atom is 0.226 e. The summed E-state index contributed by atoms with van der Waals surface area (Å²) in [4.78, 5) is 13.9. The SMILES string of the molecule is Cc1nc2cc(-c3cnc(N[C@H]4CC[C@H](C)CC4)nc3OCC3CCOCC3)ccc2o1. The predicted molar refractivity (Wildman–Crippen MR) is 124 cm³/mol. The van der Waals surface area contributed by atoms with E-state index in [1.54, 1.807) is 0 Å². The molecule has 1 saturated carbocycles. The number of rotatable bonds is 6. The highest BCUT2D eigenvalue weighted by atomic mass is 16.5. The van der Waals surface area contributed by atoms with Crippen LogP contribution in [-0.4, -0.2) is 40.8 Å². The molecule has 1 aliphatic heterocycles. The summed E-state index contributed by atoms with van der Waals surface area (Å²) in [7, 11) is 0. The fraction of sp³-hybridized carbons (Fsp3) is 0.560. The number of nitrogens with zero attached hydrogens (tertiary/aromatic N) is 3. The minimum atomic E-state index is 0.426. The summed E-state index contributed by atoms with van der Waals surface area (Å²) >= 11 is 0. The molecular formula is C25H32N4O3. The molecule has 0 atom stereocenters. The Balaban J connectivity index is 1.40. The van der Waals surface area contributed by atoms with Gasteiger partial charge in [0.25, 0.3) is 0 Å². The Labute approximate surface area is 188 Å². The highest BCUT2D eigenvalue weighted by molar-refractivity contribution is 5.81. The topological polar surface area (TPSA) is 82.3 Å². The highest BCUT2D eigenvalue weighted by Crippen LogP contribution is 2.33. The van der Waals surface area contributed by atoms with E-state index in [9.17, 15) is 0 Å². The van der Waals surface area contributed by atoms with Gasteiger partial charge >= 0.3 is 0 Å². The Morgan fingerprint density at radius 1 is 1.06 bits per heavy atom. The molecule has 1 saturated heterocycles. The van der Waals surface area contributed by atoms with Crippen LogP contribution in [0, 0.1) is 18.8 Å². The molecule has 0 bridgehead atoms. The van der Waals surface area contributed by atoms with E-state index < -0.39 is 0 Å². The molecule has 0 radical (unpaired) electrons. The van der Waals surface area contributed by atoms with Crippen LogP contribution in [0.2, 0.25) is 0 Å². The van der Waals surface area contributed by atoms with Crippen LogP contribution in [0.5, 0.6) is 5.88 Å². The second-order valence-corrected chi connectivity index (χ2v) is 9.30. The molecule has 170 valence electrons. The van der Waals surface area contributed by atoms with E-state index in [0.717, 1.165) is 67.0 Å². The zero-order valence-electron chi connectivity index (χ0n) is 19.0. The van der Waals surface area contributed by atoms with Crippen LogP contribution in [0.1, 0.15) is 51.3 Å². The van der Waals surface area contributed by atoms with E-state index in [1.807, 2.05) is 31.3 Å². The maximum atomic E-state index is 6.30. The Morgan fingerprint density at radius 3 is 2.69 bits per heavy atom. The lowest BCUT2D eigenvalue weighted by Crippen LogP contribution is -2.26. The largest absolute Gasteiger partial charge is 0.477 e. The molecule has 2 aromatic heterocycles. The fourth-order valence-corrected chi connectivity index (χ4v) is 4.65. The van der Waals surface area contributed by atoms with Crippen molar-refractivity contribution in [3.05, 3.63) is 30.3 Å². The van der Waals surface area contributed by atoms with Crippen LogP contribution in [0.3, 0.4) is 0 Å². The Kier molecular flexibility index (Phi) is 6.26. The van der Waals surface area contributed by atoms with Gasteiger partial charge in [0.2, 0.25) is 11.8 Å². The highest BCUT2D eigenvalue weighted by Gasteiger charge is 2.21. The number of nitrogens with one attached hydrogen (secondary N) is 1. The van der Waals surface area contributed by atoms with Crippen molar-refractivity contribution in [2.45, 2.75) is 58.4 Å². The van der Waals surface area contributed by atoms with Crippen molar-refractivity contribution in [1.29, 1.82) is 0 Å². The first-order valence-corrected chi connectivity index (χ1v) is 11.9. The number of aromatic nitrogens is 3. The van der Waals surface area contributed by atoms with Gasteiger partial charge in [-0.3, -0.25) is 0 Å². The van der Waals surface area contributed by atoms with Gasteiger partial charge in [-0.1, -0.05) is 13.0 Å². The lowest BCUT2D eigenvalue weighted by molar-refractivity contribution is 0.0491. The number of anilines is 1. The van der Waals surface area contributed by atoms with Gasteiger partial charge in [-0.05, 0) is 68.1 Å². The number of hydrogen-bond acceptors (Lipinski definition) is 7. The van der Waals surface area contributed by atoms with Gasteiger partial charge in [0.1, 0.15) is 5.52 Å². The van der Waals surface area contributed by atoms with Crippen LogP contribution in [-0.2, 0) is 4.74 Å². The second-order valence-electron chi connectivity index (χ2n) is 9.30. The zero-order valence-corrected chi connectivity index (χ0v) is 19.0. The van der Waals surface area contributed by atoms with E-state index in [2.05, 4.69) is 22.2 Å². The van der Waals surface area contributed by atoms with E-state index in [0.29, 0.717) is 36.3 Å². The average molecular weight is 437 g/mol. The lowest BCUT2D eigenvalue weighted by Gasteiger charge is -2.27. The molecule has 2 fully saturated rings. The normalized spacial score (nSPS) is 22.2. The molecular weight excluding hydrogens is 404 g/mol. The van der Waals surface area contributed by atoms with Gasteiger partial charge in [0.15, 0.2) is 11.5 Å². The van der Waals surface area contributed by atoms with Crippen molar-refractivity contribution >= 4 is 17.0 Å². The quantitative estimate of drug-likeness (QED) is 0.555. The number of fused-ring (bicyclic) bond motifs is 1. The monoisotopic (exact) mass is 436 g/mol. The summed E-state index contributed by atoms with van der Waals surface area (Å²) in [6.07, 6.45) is 8.74. The van der Waals surface area contributed by atoms with Crippen LogP contribution < -0.4 is 10.1 Å². The van der Waals surface area contributed by atoms with Crippen molar-refractivity contribution in [2.24, 2.45) is 11.8 Å². The summed E-state index contributed by atoms with van der Waals surface area (Å²) in [5.74, 6) is 3.23. The summed E-state index contributed by atoms with van der Waals surface area (Å²) in [5, 5.41) is 3.54. The van der Waals surface area contributed by atoms with E-state index >= 15 is 0 Å². The zero-order chi connectivity index (χ0) is 21.9. The first-order valence-electron chi connectivity index (χ1n) is 11.9. The van der Waals surface area contributed by atoms with Crippen molar-refractivity contribution in [3.8, 4) is 17.0 Å². The van der Waals surface area contributed by atoms with E-state index in [-0.39, 0.29) is 0 Å². The van der Waals surface area contributed by atoms with Crippen molar-refractivity contribution < 1.29 is 13.9 Å². The molecule has 7 nitrogen and oxygen atoms in total. The number of ether oxygens (including phenoxy) is 2. The third kappa shape index (κ3) is 4.88. The van der Waals surface area contributed by atoms with Crippen LogP contribution in [0.25, 0.3) is 22.2 Å². The Hall–Kier alpha value is -2.67. The summed E-state index contributed by atoms with van der Waals surface area (Å²) < 4.78 is 17.4. The average Bonchev–Trinajstić information content (AvgIpc) is 3.19. The van der Waals surface area contributed by atoms with E-state index in [4.69, 9.17) is 18.9 Å². The molecule has 0 spiro atoms. The molecule has 1 N–H and O–H groups in total. The first kappa shape index (κ1) is 21.2. The number of aryl methyl sites for hydroxylation is 1. The summed E-state index contributed by atoms with van der Waals surface area (Å²) in [5.41, 5.74) is 3.46. The third-order valence-corrected chi connectivity index (χ3v) is 6.70. The first-order chi connectivity index (χ1) is 15.6. The molecule has 2 aliphatic rings.